The number of amides is 1. The van der Waals surface area contributed by atoms with Crippen LogP contribution in [0, 0.1) is 0 Å². The molecule has 162 valence electrons. The van der Waals surface area contributed by atoms with Crippen LogP contribution in [0.2, 0.25) is 0 Å². The molecule has 0 radical (unpaired) electrons. The summed E-state index contributed by atoms with van der Waals surface area (Å²) in [5.41, 5.74) is 3.70. The Hall–Kier alpha value is -1.80. The van der Waals surface area contributed by atoms with Crippen LogP contribution in [0.4, 0.5) is 0 Å². The Morgan fingerprint density at radius 3 is 2.37 bits per heavy atom. The summed E-state index contributed by atoms with van der Waals surface area (Å²) in [5.74, 6) is 0.785. The number of carbonyl (C=O) groups excluding carboxylic acids is 1. The van der Waals surface area contributed by atoms with Crippen LogP contribution >= 0.6 is 11.3 Å². The fraction of sp³-hybridized carbons (Fsp3) is 0.565. The summed E-state index contributed by atoms with van der Waals surface area (Å²) in [5, 5.41) is 3.27. The first-order valence-electron chi connectivity index (χ1n) is 10.9. The molecule has 30 heavy (non-hydrogen) atoms. The molecule has 0 bridgehead atoms. The number of benzene rings is 1. The number of rotatable bonds is 6. The number of hydrogen-bond acceptors (Lipinski definition) is 6. The third-order valence-electron chi connectivity index (χ3n) is 5.95. The Bertz CT molecular complexity index is 822. The summed E-state index contributed by atoms with van der Waals surface area (Å²) >= 11 is 1.72. The van der Waals surface area contributed by atoms with E-state index >= 15 is 0 Å². The van der Waals surface area contributed by atoms with Gasteiger partial charge >= 0.3 is 0 Å². The van der Waals surface area contributed by atoms with Crippen LogP contribution in [-0.4, -0.2) is 84.6 Å². The van der Waals surface area contributed by atoms with Crippen molar-refractivity contribution in [2.24, 2.45) is 0 Å². The van der Waals surface area contributed by atoms with Gasteiger partial charge in [0.05, 0.1) is 25.5 Å². The molecule has 0 N–H and O–H groups in total. The molecule has 0 saturated carbocycles. The smallest absolute Gasteiger partial charge is 0.236 e. The van der Waals surface area contributed by atoms with Gasteiger partial charge in [-0.3, -0.25) is 14.6 Å². The molecule has 2 saturated heterocycles. The minimum Gasteiger partial charge on any atom is -0.378 e. The van der Waals surface area contributed by atoms with Gasteiger partial charge < -0.3 is 9.64 Å². The molecule has 0 aliphatic carbocycles. The first-order valence-corrected chi connectivity index (χ1v) is 11.8. The molecule has 1 aromatic carbocycles. The fourth-order valence-electron chi connectivity index (χ4n) is 3.96. The highest BCUT2D eigenvalue weighted by atomic mass is 32.1. The van der Waals surface area contributed by atoms with Crippen LogP contribution in [0.1, 0.15) is 31.0 Å². The second kappa shape index (κ2) is 10.0. The molecule has 0 atom stereocenters. The molecule has 2 aliphatic heterocycles. The SMILES string of the molecule is CC(C)c1ccc(-c2nc(CN3CCN(CC(=O)N4CCOCC4)CC3)cs2)cc1. The number of hydrogen-bond donors (Lipinski definition) is 0. The molecule has 2 aliphatic rings. The van der Waals surface area contributed by atoms with Gasteiger partial charge in [0, 0.05) is 56.8 Å². The predicted octanol–water partition coefficient (Wildman–Crippen LogP) is 2.91. The maximum atomic E-state index is 12.4. The van der Waals surface area contributed by atoms with Crippen molar-refractivity contribution in [3.05, 3.63) is 40.9 Å². The van der Waals surface area contributed by atoms with Gasteiger partial charge in [0.15, 0.2) is 0 Å². The van der Waals surface area contributed by atoms with Crippen LogP contribution in [0.5, 0.6) is 0 Å². The Morgan fingerprint density at radius 2 is 1.70 bits per heavy atom. The van der Waals surface area contributed by atoms with Crippen LogP contribution in [-0.2, 0) is 16.1 Å². The van der Waals surface area contributed by atoms with Gasteiger partial charge in [-0.15, -0.1) is 11.3 Å². The standard InChI is InChI=1S/C23H32N4O2S/c1-18(2)19-3-5-20(6-4-19)23-24-21(17-30-23)15-25-7-9-26(10-8-25)16-22(28)27-11-13-29-14-12-27/h3-6,17-18H,7-16H2,1-2H3. The van der Waals surface area contributed by atoms with Gasteiger partial charge in [0.2, 0.25) is 5.91 Å². The first-order chi connectivity index (χ1) is 14.6. The van der Waals surface area contributed by atoms with Gasteiger partial charge in [-0.1, -0.05) is 38.1 Å². The van der Waals surface area contributed by atoms with Gasteiger partial charge in [0.1, 0.15) is 5.01 Å². The summed E-state index contributed by atoms with van der Waals surface area (Å²) in [6.45, 7) is 12.5. The molecule has 2 aromatic rings. The zero-order valence-electron chi connectivity index (χ0n) is 18.0. The Labute approximate surface area is 183 Å². The van der Waals surface area contributed by atoms with Crippen LogP contribution in [0.25, 0.3) is 10.6 Å². The normalized spacial score (nSPS) is 18.8. The average Bonchev–Trinajstić information content (AvgIpc) is 3.24. The zero-order valence-corrected chi connectivity index (χ0v) is 18.9. The van der Waals surface area contributed by atoms with E-state index in [-0.39, 0.29) is 5.91 Å². The highest BCUT2D eigenvalue weighted by molar-refractivity contribution is 7.13. The van der Waals surface area contributed by atoms with E-state index in [1.165, 1.54) is 11.1 Å². The number of thiazole rings is 1. The molecule has 1 aromatic heterocycles. The molecular weight excluding hydrogens is 396 g/mol. The number of morpholine rings is 1. The highest BCUT2D eigenvalue weighted by Crippen LogP contribution is 2.26. The van der Waals surface area contributed by atoms with Crippen LogP contribution < -0.4 is 0 Å². The summed E-state index contributed by atoms with van der Waals surface area (Å²) < 4.78 is 5.34. The lowest BCUT2D eigenvalue weighted by Gasteiger charge is -2.35. The monoisotopic (exact) mass is 428 g/mol. The molecule has 0 unspecified atom stereocenters. The lowest BCUT2D eigenvalue weighted by Crippen LogP contribution is -2.51. The second-order valence-corrected chi connectivity index (χ2v) is 9.32. The molecule has 6 nitrogen and oxygen atoms in total. The number of carbonyl (C=O) groups is 1. The van der Waals surface area contributed by atoms with Crippen LogP contribution in [0.15, 0.2) is 29.6 Å². The van der Waals surface area contributed by atoms with Crippen molar-refractivity contribution in [3.63, 3.8) is 0 Å². The van der Waals surface area contributed by atoms with Crippen LogP contribution in [0.3, 0.4) is 0 Å². The third-order valence-corrected chi connectivity index (χ3v) is 6.89. The van der Waals surface area contributed by atoms with Crippen molar-refractivity contribution in [1.82, 2.24) is 19.7 Å². The highest BCUT2D eigenvalue weighted by Gasteiger charge is 2.23. The topological polar surface area (TPSA) is 48.9 Å². The predicted molar refractivity (Wildman–Crippen MR) is 121 cm³/mol. The second-order valence-electron chi connectivity index (χ2n) is 8.47. The van der Waals surface area contributed by atoms with E-state index < -0.39 is 0 Å². The maximum absolute atomic E-state index is 12.4. The number of ether oxygens (including phenoxy) is 1. The number of aromatic nitrogens is 1. The Kier molecular flexibility index (Phi) is 7.15. The molecule has 3 heterocycles. The van der Waals surface area contributed by atoms with Crippen molar-refractivity contribution < 1.29 is 9.53 Å². The summed E-state index contributed by atoms with van der Waals surface area (Å²) in [6, 6.07) is 8.78. The van der Waals surface area contributed by atoms with Crippen molar-refractivity contribution in [2.75, 3.05) is 59.0 Å². The minimum absolute atomic E-state index is 0.236. The maximum Gasteiger partial charge on any atom is 0.236 e. The van der Waals surface area contributed by atoms with E-state index in [9.17, 15) is 4.79 Å². The largest absolute Gasteiger partial charge is 0.378 e. The lowest BCUT2D eigenvalue weighted by molar-refractivity contribution is -0.136. The van der Waals surface area contributed by atoms with Gasteiger partial charge in [0.25, 0.3) is 0 Å². The van der Waals surface area contributed by atoms with Gasteiger partial charge in [-0.25, -0.2) is 4.98 Å². The van der Waals surface area contributed by atoms with E-state index in [0.29, 0.717) is 25.7 Å². The van der Waals surface area contributed by atoms with E-state index in [1.54, 1.807) is 11.3 Å². The Morgan fingerprint density at radius 1 is 1.03 bits per heavy atom. The van der Waals surface area contributed by atoms with E-state index in [2.05, 4.69) is 53.3 Å². The molecular formula is C23H32N4O2S. The van der Waals surface area contributed by atoms with Crippen molar-refractivity contribution in [1.29, 1.82) is 0 Å². The molecule has 4 rings (SSSR count). The quantitative estimate of drug-likeness (QED) is 0.708. The van der Waals surface area contributed by atoms with Gasteiger partial charge in [-0.2, -0.15) is 0 Å². The minimum atomic E-state index is 0.236. The summed E-state index contributed by atoms with van der Waals surface area (Å²) in [6.07, 6.45) is 0. The fourth-order valence-corrected chi connectivity index (χ4v) is 4.78. The number of nitrogens with zero attached hydrogens (tertiary/aromatic N) is 4. The van der Waals surface area contributed by atoms with E-state index in [0.717, 1.165) is 56.5 Å². The Balaban J connectivity index is 1.25. The molecule has 7 heteroatoms. The van der Waals surface area contributed by atoms with E-state index in [1.807, 2.05) is 4.90 Å². The average molecular weight is 429 g/mol. The molecule has 0 spiro atoms. The first kappa shape index (κ1) is 21.4. The van der Waals surface area contributed by atoms with E-state index in [4.69, 9.17) is 9.72 Å². The lowest BCUT2D eigenvalue weighted by atomic mass is 10.0. The summed E-state index contributed by atoms with van der Waals surface area (Å²) in [7, 11) is 0. The molecule has 1 amide bonds. The zero-order chi connectivity index (χ0) is 20.9. The molecule has 2 fully saturated rings. The van der Waals surface area contributed by atoms with Crippen molar-refractivity contribution in [2.45, 2.75) is 26.3 Å². The summed E-state index contributed by atoms with van der Waals surface area (Å²) in [4.78, 5) is 24.0. The third kappa shape index (κ3) is 5.46. The van der Waals surface area contributed by atoms with Crippen molar-refractivity contribution >= 4 is 17.2 Å². The van der Waals surface area contributed by atoms with Crippen molar-refractivity contribution in [3.8, 4) is 10.6 Å². The van der Waals surface area contributed by atoms with Gasteiger partial charge in [-0.05, 0) is 11.5 Å². The number of piperazine rings is 1.